The lowest BCUT2D eigenvalue weighted by molar-refractivity contribution is 1.13. The number of rotatable bonds is 5. The average Bonchev–Trinajstić information content (AvgIpc) is 2.54. The van der Waals surface area contributed by atoms with Crippen LogP contribution in [0.5, 0.6) is 0 Å². The summed E-state index contributed by atoms with van der Waals surface area (Å²) in [7, 11) is 0. The van der Waals surface area contributed by atoms with E-state index in [-0.39, 0.29) is 0 Å². The first kappa shape index (κ1) is 17.1. The maximum Gasteiger partial charge on any atom is 0.0700 e. The minimum atomic E-state index is 0.850. The molecule has 0 heterocycles. The fourth-order valence-electron chi connectivity index (χ4n) is 2.07. The van der Waals surface area contributed by atoms with Gasteiger partial charge in [0.05, 0.1) is 11.4 Å². The van der Waals surface area contributed by atoms with E-state index in [2.05, 4.69) is 80.2 Å². The van der Waals surface area contributed by atoms with Crippen LogP contribution >= 0.6 is 31.9 Å². The molecule has 0 fully saturated rings. The molecular formula is C18H18Br2N2. The molecule has 0 aliphatic heterocycles. The summed E-state index contributed by atoms with van der Waals surface area (Å²) in [6.45, 7) is 4.20. The Balaban J connectivity index is 2.31. The Bertz CT molecular complexity index is 610. The van der Waals surface area contributed by atoms with Crippen LogP contribution in [-0.4, -0.2) is 11.4 Å². The number of hydrogen-bond acceptors (Lipinski definition) is 2. The first-order chi connectivity index (χ1) is 10.6. The van der Waals surface area contributed by atoms with Crippen LogP contribution in [0.15, 0.2) is 67.7 Å². The second-order valence-corrected chi connectivity index (χ2v) is 6.65. The van der Waals surface area contributed by atoms with Crippen LogP contribution < -0.4 is 0 Å². The highest BCUT2D eigenvalue weighted by molar-refractivity contribution is 9.10. The summed E-state index contributed by atoms with van der Waals surface area (Å²) in [4.78, 5) is 0. The van der Waals surface area contributed by atoms with Crippen molar-refractivity contribution >= 4 is 43.3 Å². The number of nitrogens with zero attached hydrogens (tertiary/aromatic N) is 2. The highest BCUT2D eigenvalue weighted by Gasteiger charge is 2.03. The van der Waals surface area contributed by atoms with Crippen LogP contribution in [0.3, 0.4) is 0 Å². The van der Waals surface area contributed by atoms with Crippen LogP contribution in [0.25, 0.3) is 0 Å². The van der Waals surface area contributed by atoms with E-state index in [1.807, 2.05) is 24.3 Å². The third kappa shape index (κ3) is 4.62. The van der Waals surface area contributed by atoms with Gasteiger partial charge in [-0.25, -0.2) is 0 Å². The van der Waals surface area contributed by atoms with Crippen LogP contribution in [0.1, 0.15) is 37.8 Å². The topological polar surface area (TPSA) is 24.7 Å². The van der Waals surface area contributed by atoms with Gasteiger partial charge < -0.3 is 0 Å². The zero-order valence-electron chi connectivity index (χ0n) is 12.7. The lowest BCUT2D eigenvalue weighted by Gasteiger charge is -2.05. The van der Waals surface area contributed by atoms with Crippen molar-refractivity contribution < 1.29 is 0 Å². The molecule has 2 rings (SSSR count). The molecule has 0 spiro atoms. The van der Waals surface area contributed by atoms with Crippen molar-refractivity contribution in [3.63, 3.8) is 0 Å². The molecule has 0 radical (unpaired) electrons. The molecule has 0 saturated heterocycles. The molecule has 0 aliphatic carbocycles. The molecular weight excluding hydrogens is 404 g/mol. The Kier molecular flexibility index (Phi) is 6.52. The molecule has 0 unspecified atom stereocenters. The number of hydrogen-bond donors (Lipinski definition) is 0. The fraction of sp³-hybridized carbons (Fsp3) is 0.222. The zero-order chi connectivity index (χ0) is 15.9. The summed E-state index contributed by atoms with van der Waals surface area (Å²) in [5, 5.41) is 8.98. The molecule has 0 aliphatic rings. The van der Waals surface area contributed by atoms with Gasteiger partial charge in [0.1, 0.15) is 0 Å². The Morgan fingerprint density at radius 2 is 1.00 bits per heavy atom. The third-order valence-corrected chi connectivity index (χ3v) is 4.37. The van der Waals surface area contributed by atoms with E-state index in [9.17, 15) is 0 Å². The first-order valence-corrected chi connectivity index (χ1v) is 8.88. The van der Waals surface area contributed by atoms with Crippen molar-refractivity contribution in [1.82, 2.24) is 0 Å². The van der Waals surface area contributed by atoms with E-state index in [1.54, 1.807) is 0 Å². The van der Waals surface area contributed by atoms with Gasteiger partial charge in [0.2, 0.25) is 0 Å². The minimum absolute atomic E-state index is 0.850. The summed E-state index contributed by atoms with van der Waals surface area (Å²) in [5.41, 5.74) is 4.22. The molecule has 114 valence electrons. The molecule has 2 aromatic carbocycles. The molecule has 0 N–H and O–H groups in total. The second-order valence-electron chi connectivity index (χ2n) is 4.81. The molecule has 2 aromatic rings. The Morgan fingerprint density at radius 3 is 1.27 bits per heavy atom. The first-order valence-electron chi connectivity index (χ1n) is 7.29. The van der Waals surface area contributed by atoms with E-state index >= 15 is 0 Å². The SMILES string of the molecule is CC/C(=N\N=C(/CC)c1ccc(Br)cc1)c1ccc(Br)cc1. The highest BCUT2D eigenvalue weighted by atomic mass is 79.9. The van der Waals surface area contributed by atoms with Gasteiger partial charge in [0, 0.05) is 8.95 Å². The summed E-state index contributed by atoms with van der Waals surface area (Å²) < 4.78 is 2.14. The van der Waals surface area contributed by atoms with Gasteiger partial charge in [-0.1, -0.05) is 70.0 Å². The van der Waals surface area contributed by atoms with E-state index in [0.717, 1.165) is 44.3 Å². The fourth-order valence-corrected chi connectivity index (χ4v) is 2.60. The highest BCUT2D eigenvalue weighted by Crippen LogP contribution is 2.15. The van der Waals surface area contributed by atoms with E-state index in [1.165, 1.54) is 0 Å². The van der Waals surface area contributed by atoms with E-state index < -0.39 is 0 Å². The maximum atomic E-state index is 4.49. The minimum Gasteiger partial charge on any atom is -0.155 e. The quantitative estimate of drug-likeness (QED) is 0.404. The predicted octanol–water partition coefficient (Wildman–Crippen LogP) is 6.23. The normalized spacial score (nSPS) is 12.5. The van der Waals surface area contributed by atoms with Gasteiger partial charge in [0.25, 0.3) is 0 Å². The number of halogens is 2. The molecule has 0 atom stereocenters. The van der Waals surface area contributed by atoms with Crippen molar-refractivity contribution in [2.75, 3.05) is 0 Å². The van der Waals surface area contributed by atoms with Crippen LogP contribution in [0.4, 0.5) is 0 Å². The zero-order valence-corrected chi connectivity index (χ0v) is 15.9. The Labute approximate surface area is 148 Å². The monoisotopic (exact) mass is 420 g/mol. The van der Waals surface area contributed by atoms with Gasteiger partial charge in [-0.05, 0) is 48.2 Å². The second kappa shape index (κ2) is 8.39. The lowest BCUT2D eigenvalue weighted by atomic mass is 10.1. The van der Waals surface area contributed by atoms with Crippen LogP contribution in [0.2, 0.25) is 0 Å². The van der Waals surface area contributed by atoms with Gasteiger partial charge >= 0.3 is 0 Å². The molecule has 0 saturated carbocycles. The predicted molar refractivity (Wildman–Crippen MR) is 102 cm³/mol. The smallest absolute Gasteiger partial charge is 0.0700 e. The van der Waals surface area contributed by atoms with E-state index in [4.69, 9.17) is 0 Å². The van der Waals surface area contributed by atoms with Gasteiger partial charge in [-0.2, -0.15) is 10.2 Å². The average molecular weight is 422 g/mol. The van der Waals surface area contributed by atoms with Crippen molar-refractivity contribution in [2.24, 2.45) is 10.2 Å². The molecule has 0 bridgehead atoms. The van der Waals surface area contributed by atoms with Crippen molar-refractivity contribution in [2.45, 2.75) is 26.7 Å². The summed E-state index contributed by atoms with van der Waals surface area (Å²) >= 11 is 6.91. The van der Waals surface area contributed by atoms with Crippen molar-refractivity contribution in [1.29, 1.82) is 0 Å². The van der Waals surface area contributed by atoms with Crippen LogP contribution in [-0.2, 0) is 0 Å². The Morgan fingerprint density at radius 1 is 0.682 bits per heavy atom. The molecule has 0 aromatic heterocycles. The lowest BCUT2D eigenvalue weighted by Crippen LogP contribution is -2.01. The van der Waals surface area contributed by atoms with E-state index in [0.29, 0.717) is 0 Å². The summed E-state index contributed by atoms with van der Waals surface area (Å²) in [5.74, 6) is 0. The van der Waals surface area contributed by atoms with Crippen LogP contribution in [0, 0.1) is 0 Å². The van der Waals surface area contributed by atoms with Gasteiger partial charge in [-0.3, -0.25) is 0 Å². The molecule has 22 heavy (non-hydrogen) atoms. The number of benzene rings is 2. The largest absolute Gasteiger partial charge is 0.155 e. The third-order valence-electron chi connectivity index (χ3n) is 3.32. The van der Waals surface area contributed by atoms with Gasteiger partial charge in [0.15, 0.2) is 0 Å². The standard InChI is InChI=1S/C18H18Br2N2/c1-3-17(13-5-9-15(19)10-6-13)21-22-18(4-2)14-7-11-16(20)12-8-14/h5-12H,3-4H2,1-2H3/b21-17+,22-18+. The Hall–Kier alpha value is -1.26. The molecule has 4 heteroatoms. The van der Waals surface area contributed by atoms with Gasteiger partial charge in [-0.15, -0.1) is 0 Å². The van der Waals surface area contributed by atoms with Crippen molar-refractivity contribution in [3.8, 4) is 0 Å². The summed E-state index contributed by atoms with van der Waals surface area (Å²) in [6, 6.07) is 16.4. The molecule has 2 nitrogen and oxygen atoms in total. The summed E-state index contributed by atoms with van der Waals surface area (Å²) in [6.07, 6.45) is 1.70. The molecule has 0 amide bonds. The maximum absolute atomic E-state index is 4.49. The van der Waals surface area contributed by atoms with Crippen molar-refractivity contribution in [3.05, 3.63) is 68.6 Å².